The van der Waals surface area contributed by atoms with E-state index in [-0.39, 0.29) is 68.9 Å². The van der Waals surface area contributed by atoms with Gasteiger partial charge in [0.25, 0.3) is 0 Å². The van der Waals surface area contributed by atoms with Crippen LogP contribution in [0.25, 0.3) is 221 Å². The number of aromatic nitrogens is 16. The van der Waals surface area contributed by atoms with E-state index in [1.54, 1.807) is 0 Å². The molecule has 21 rings (SSSR count). The van der Waals surface area contributed by atoms with Crippen LogP contribution in [0.2, 0.25) is 0 Å². The fraction of sp³-hybridized carbons (Fsp3) is 0. The van der Waals surface area contributed by atoms with Crippen molar-refractivity contribution in [2.24, 2.45) is 0 Å². The monoisotopic (exact) mass is 1140 g/mol. The Labute approximate surface area is 514 Å². The first-order valence-corrected chi connectivity index (χ1v) is 28.8. The number of benzene rings is 12. The van der Waals surface area contributed by atoms with E-state index in [2.05, 4.69) is 97.1 Å². The quantitative estimate of drug-likeness (QED) is 0.102. The van der Waals surface area contributed by atoms with Gasteiger partial charge in [-0.1, -0.05) is 194 Å². The SMILES string of the molecule is [Mg+2].c1ccc2c(c1)c1ccccc1c1nc3c(nc21)-c1nc-3nc2[n-]c(nc3nc(nc4[n-]c(n1)c1nc5c6ccccc6c6ccccc6c5nc41)-c1nc4c5ccccc5c5ccccc5c4nc1-3)c1nc3c4ccccc4c4ccccc4c3nc21. The van der Waals surface area contributed by atoms with Gasteiger partial charge in [0.1, 0.15) is 68.1 Å². The zero-order valence-corrected chi connectivity index (χ0v) is 47.8. The Morgan fingerprint density at radius 3 is 0.494 bits per heavy atom. The van der Waals surface area contributed by atoms with Crippen molar-refractivity contribution in [2.45, 2.75) is 0 Å². The van der Waals surface area contributed by atoms with E-state index < -0.39 is 0 Å². The van der Waals surface area contributed by atoms with Crippen molar-refractivity contribution in [1.82, 2.24) is 79.7 Å². The molecule has 0 saturated carbocycles. The molecule has 0 N–H and O–H groups in total. The number of rotatable bonds is 0. The molecule has 0 fully saturated rings. The van der Waals surface area contributed by atoms with Crippen LogP contribution in [0.15, 0.2) is 194 Å². The molecule has 7 aromatic heterocycles. The van der Waals surface area contributed by atoms with Gasteiger partial charge in [-0.2, -0.15) is 0 Å². The summed E-state index contributed by atoms with van der Waals surface area (Å²) in [6.07, 6.45) is 0. The Balaban J connectivity index is 0.00000555. The summed E-state index contributed by atoms with van der Waals surface area (Å²) < 4.78 is 0. The summed E-state index contributed by atoms with van der Waals surface area (Å²) in [5, 5.41) is 15.7. The van der Waals surface area contributed by atoms with Crippen LogP contribution in [0.5, 0.6) is 0 Å². The second-order valence-corrected chi connectivity index (χ2v) is 22.3. The first-order chi connectivity index (χ1) is 43.6. The van der Waals surface area contributed by atoms with Gasteiger partial charge in [-0.25, -0.2) is 49.8 Å². The van der Waals surface area contributed by atoms with E-state index in [4.69, 9.17) is 79.7 Å². The Morgan fingerprint density at radius 1 is 0.157 bits per heavy atom. The molecule has 12 aromatic carbocycles. The smallest absolute Gasteiger partial charge is 0.354 e. The summed E-state index contributed by atoms with van der Waals surface area (Å²) in [5.74, 6) is 0.811. The maximum atomic E-state index is 5.51. The topological polar surface area (TPSA) is 209 Å². The number of hydrogen-bond acceptors (Lipinski definition) is 14. The summed E-state index contributed by atoms with van der Waals surface area (Å²) in [6, 6.07) is 66.0. The summed E-state index contributed by atoms with van der Waals surface area (Å²) in [6.45, 7) is 0. The van der Waals surface area contributed by atoms with Crippen LogP contribution in [-0.2, 0) is 0 Å². The number of hydrogen-bond donors (Lipinski definition) is 0. The van der Waals surface area contributed by atoms with Crippen LogP contribution in [-0.4, -0.2) is 92.8 Å². The Bertz CT molecular complexity index is 5930. The third-order valence-corrected chi connectivity index (χ3v) is 17.6. The average Bonchev–Trinajstić information content (AvgIpc) is 1.94. The maximum Gasteiger partial charge on any atom is 2.00 e. The number of nitrogens with zero attached hydrogens (tertiary/aromatic N) is 16. The molecule has 0 radical (unpaired) electrons. The van der Waals surface area contributed by atoms with Crippen LogP contribution < -0.4 is 9.97 Å². The predicted molar refractivity (Wildman–Crippen MR) is 352 cm³/mol. The van der Waals surface area contributed by atoms with E-state index in [0.29, 0.717) is 89.0 Å². The minimum absolute atomic E-state index is 0. The molecule has 16 nitrogen and oxygen atoms in total. The third kappa shape index (κ3) is 6.60. The standard InChI is InChI=1S/C72H32N16.Mg/c1-9-25-41-33(17-1)34-18-2-10-26-42(34)50-49(41)73-57-58(74-50)66-81-65(57)85-67-59-60(76-52-44-28-12-4-20-36(44)35-19-3-11-27-43(35)51(52)75-59)69(82-67)87-71-63-64(80-56-48-32-16-8-24-40(48)39-23-7-15-31-47(39)55(56)79-63)72(84-71)88-70-62-61(68(83-70)86-66)77-53-45-29-13-5-21-37(45)38-22-6-14-30-46(38)54(53)78-62;/h1-32H;/q-2;+2. The van der Waals surface area contributed by atoms with Gasteiger partial charge in [0.2, 0.25) is 0 Å². The summed E-state index contributed by atoms with van der Waals surface area (Å²) in [4.78, 5) is 86.9. The van der Waals surface area contributed by atoms with Crippen molar-refractivity contribution in [3.8, 4) is 46.1 Å². The van der Waals surface area contributed by atoms with Crippen LogP contribution >= 0.6 is 0 Å². The summed E-state index contributed by atoms with van der Waals surface area (Å²) in [7, 11) is 0. The third-order valence-electron chi connectivity index (χ3n) is 17.6. The first-order valence-electron chi connectivity index (χ1n) is 28.8. The van der Waals surface area contributed by atoms with Crippen LogP contribution in [0, 0.1) is 0 Å². The minimum Gasteiger partial charge on any atom is -0.354 e. The second-order valence-electron chi connectivity index (χ2n) is 22.3. The van der Waals surface area contributed by atoms with Crippen molar-refractivity contribution in [1.29, 1.82) is 0 Å². The molecule has 8 bridgehead atoms. The van der Waals surface area contributed by atoms with Gasteiger partial charge in [0, 0.05) is 65.7 Å². The molecular weight excluding hydrogens is 1110 g/mol. The molecular formula is C72H32MgN16. The van der Waals surface area contributed by atoms with Gasteiger partial charge in [-0.15, -0.1) is 0 Å². The average molecular weight is 1150 g/mol. The van der Waals surface area contributed by atoms with Gasteiger partial charge in [-0.3, -0.25) is 0 Å². The van der Waals surface area contributed by atoms with Gasteiger partial charge < -0.3 is 29.9 Å². The molecule has 9 heterocycles. The summed E-state index contributed by atoms with van der Waals surface area (Å²) in [5.41, 5.74) is 9.35. The van der Waals surface area contributed by atoms with Gasteiger partial charge >= 0.3 is 23.1 Å². The maximum absolute atomic E-state index is 5.51. The van der Waals surface area contributed by atoms with Crippen molar-refractivity contribution < 1.29 is 0 Å². The van der Waals surface area contributed by atoms with Crippen LogP contribution in [0.1, 0.15) is 0 Å². The van der Waals surface area contributed by atoms with E-state index in [1.807, 2.05) is 97.1 Å². The normalized spacial score (nSPS) is 12.4. The van der Waals surface area contributed by atoms with E-state index >= 15 is 0 Å². The Morgan fingerprint density at radius 2 is 0.315 bits per heavy atom. The molecule has 0 saturated heterocycles. The van der Waals surface area contributed by atoms with Crippen molar-refractivity contribution in [3.63, 3.8) is 0 Å². The number of fused-ring (bicyclic) bond motifs is 44. The fourth-order valence-electron chi connectivity index (χ4n) is 13.7. The molecule has 0 aliphatic carbocycles. The molecule has 17 heteroatoms. The van der Waals surface area contributed by atoms with E-state index in [0.717, 1.165) is 86.2 Å². The van der Waals surface area contributed by atoms with Gasteiger partial charge in [0.15, 0.2) is 0 Å². The molecule has 402 valence electrons. The van der Waals surface area contributed by atoms with Crippen LogP contribution in [0.4, 0.5) is 0 Å². The van der Waals surface area contributed by atoms with Crippen LogP contribution in [0.3, 0.4) is 0 Å². The Hall–Kier alpha value is -11.8. The van der Waals surface area contributed by atoms with Crippen molar-refractivity contribution >= 4 is 198 Å². The molecule has 0 spiro atoms. The molecule has 0 amide bonds. The fourth-order valence-corrected chi connectivity index (χ4v) is 13.7. The second kappa shape index (κ2) is 17.7. The predicted octanol–water partition coefficient (Wildman–Crippen LogP) is 14.7. The van der Waals surface area contributed by atoms with E-state index in [1.165, 1.54) is 0 Å². The largest absolute Gasteiger partial charge is 2.00 e. The first kappa shape index (κ1) is 48.4. The van der Waals surface area contributed by atoms with Gasteiger partial charge in [-0.05, 0) is 43.1 Å². The molecule has 0 atom stereocenters. The molecule has 19 aromatic rings. The Kier molecular flexibility index (Phi) is 9.61. The van der Waals surface area contributed by atoms with Gasteiger partial charge in [0.05, 0.1) is 44.1 Å². The summed E-state index contributed by atoms with van der Waals surface area (Å²) >= 11 is 0. The molecule has 2 aliphatic heterocycles. The van der Waals surface area contributed by atoms with E-state index in [9.17, 15) is 0 Å². The minimum atomic E-state index is 0. The molecule has 89 heavy (non-hydrogen) atoms. The molecule has 2 aliphatic rings. The zero-order chi connectivity index (χ0) is 57.0. The zero-order valence-electron chi connectivity index (χ0n) is 46.3. The van der Waals surface area contributed by atoms with Crippen molar-refractivity contribution in [2.75, 3.05) is 0 Å². The molecule has 0 unspecified atom stereocenters. The van der Waals surface area contributed by atoms with Crippen molar-refractivity contribution in [3.05, 3.63) is 194 Å².